The second-order valence-corrected chi connectivity index (χ2v) is 6.44. The first-order chi connectivity index (χ1) is 9.99. The number of pyridine rings is 1. The van der Waals surface area contributed by atoms with E-state index in [-0.39, 0.29) is 17.9 Å². The normalized spacial score (nSPS) is 29.8. The first kappa shape index (κ1) is 14.0. The standard InChI is InChI=1S/C16H20N2O3/c1-10-4-11(9-17-8-10)2-3-14(19)18-13-5-12-6-16(12,7-13)15(20)21/h4,8-9,12-13H,2-3,5-7H2,1H3,(H,18,19)(H,20,21)/t12-,13+,16+/m0/s1. The number of nitrogens with zero attached hydrogens (tertiary/aromatic N) is 1. The summed E-state index contributed by atoms with van der Waals surface area (Å²) in [6.45, 7) is 1.98. The highest BCUT2D eigenvalue weighted by atomic mass is 16.4. The highest BCUT2D eigenvalue weighted by molar-refractivity contribution is 5.80. The summed E-state index contributed by atoms with van der Waals surface area (Å²) in [6.07, 6.45) is 6.84. The number of amides is 1. The molecular weight excluding hydrogens is 268 g/mol. The molecule has 3 atom stereocenters. The highest BCUT2D eigenvalue weighted by Crippen LogP contribution is 2.63. The van der Waals surface area contributed by atoms with E-state index in [0.717, 1.165) is 24.0 Å². The zero-order valence-corrected chi connectivity index (χ0v) is 12.1. The molecule has 0 radical (unpaired) electrons. The molecular formula is C16H20N2O3. The third kappa shape index (κ3) is 2.77. The van der Waals surface area contributed by atoms with Crippen molar-refractivity contribution in [1.82, 2.24) is 10.3 Å². The van der Waals surface area contributed by atoms with Gasteiger partial charge < -0.3 is 10.4 Å². The van der Waals surface area contributed by atoms with E-state index in [1.807, 2.05) is 13.0 Å². The van der Waals surface area contributed by atoms with Gasteiger partial charge in [0, 0.05) is 24.9 Å². The number of aromatic nitrogens is 1. The Morgan fingerprint density at radius 1 is 1.43 bits per heavy atom. The van der Waals surface area contributed by atoms with E-state index in [1.54, 1.807) is 12.4 Å². The minimum atomic E-state index is -0.699. The van der Waals surface area contributed by atoms with Crippen molar-refractivity contribution < 1.29 is 14.7 Å². The van der Waals surface area contributed by atoms with Gasteiger partial charge in [0.2, 0.25) is 5.91 Å². The van der Waals surface area contributed by atoms with Crippen LogP contribution in [0.2, 0.25) is 0 Å². The molecule has 2 aliphatic rings. The molecule has 3 rings (SSSR count). The fourth-order valence-corrected chi connectivity index (χ4v) is 3.58. The van der Waals surface area contributed by atoms with Gasteiger partial charge >= 0.3 is 5.97 Å². The SMILES string of the molecule is Cc1cncc(CCC(=O)N[C@@H]2C[C@H]3C[C@@]3(C(=O)O)C2)c1. The molecule has 0 unspecified atom stereocenters. The molecule has 0 saturated heterocycles. The van der Waals surface area contributed by atoms with Gasteiger partial charge in [-0.05, 0) is 49.7 Å². The van der Waals surface area contributed by atoms with Crippen molar-refractivity contribution in [2.45, 2.75) is 45.1 Å². The monoisotopic (exact) mass is 288 g/mol. The minimum Gasteiger partial charge on any atom is -0.481 e. The van der Waals surface area contributed by atoms with Gasteiger partial charge in [0.15, 0.2) is 0 Å². The number of nitrogens with one attached hydrogen (secondary N) is 1. The molecule has 5 nitrogen and oxygen atoms in total. The van der Waals surface area contributed by atoms with Crippen LogP contribution in [0.25, 0.3) is 0 Å². The predicted molar refractivity (Wildman–Crippen MR) is 76.6 cm³/mol. The van der Waals surface area contributed by atoms with Crippen LogP contribution >= 0.6 is 0 Å². The zero-order chi connectivity index (χ0) is 15.0. The molecule has 2 saturated carbocycles. The number of fused-ring (bicyclic) bond motifs is 1. The molecule has 1 aromatic rings. The molecule has 0 bridgehead atoms. The van der Waals surface area contributed by atoms with E-state index in [2.05, 4.69) is 10.3 Å². The van der Waals surface area contributed by atoms with Crippen LogP contribution in [0.15, 0.2) is 18.5 Å². The highest BCUT2D eigenvalue weighted by Gasteiger charge is 2.65. The number of rotatable bonds is 5. The Balaban J connectivity index is 1.47. The number of carboxylic acid groups (broad SMARTS) is 1. The van der Waals surface area contributed by atoms with E-state index in [1.165, 1.54) is 0 Å². The van der Waals surface area contributed by atoms with Gasteiger partial charge in [-0.25, -0.2) is 0 Å². The molecule has 112 valence electrons. The molecule has 0 aromatic carbocycles. The number of hydrogen-bond donors (Lipinski definition) is 2. The minimum absolute atomic E-state index is 0.00310. The molecule has 5 heteroatoms. The van der Waals surface area contributed by atoms with E-state index in [4.69, 9.17) is 0 Å². The summed E-state index contributed by atoms with van der Waals surface area (Å²) in [5.74, 6) is -0.431. The van der Waals surface area contributed by atoms with Gasteiger partial charge in [-0.3, -0.25) is 14.6 Å². The smallest absolute Gasteiger partial charge is 0.310 e. The largest absolute Gasteiger partial charge is 0.481 e. The lowest BCUT2D eigenvalue weighted by Crippen LogP contribution is -2.35. The van der Waals surface area contributed by atoms with Gasteiger partial charge in [0.25, 0.3) is 0 Å². The van der Waals surface area contributed by atoms with Crippen molar-refractivity contribution in [2.24, 2.45) is 11.3 Å². The summed E-state index contributed by atoms with van der Waals surface area (Å²) in [6, 6.07) is 2.06. The summed E-state index contributed by atoms with van der Waals surface area (Å²) >= 11 is 0. The van der Waals surface area contributed by atoms with Crippen LogP contribution in [0.5, 0.6) is 0 Å². The third-order valence-electron chi connectivity index (χ3n) is 4.78. The van der Waals surface area contributed by atoms with Gasteiger partial charge in [-0.2, -0.15) is 0 Å². The van der Waals surface area contributed by atoms with Crippen LogP contribution in [0.3, 0.4) is 0 Å². The summed E-state index contributed by atoms with van der Waals surface area (Å²) in [5.41, 5.74) is 1.62. The Morgan fingerprint density at radius 2 is 2.24 bits per heavy atom. The molecule has 1 aromatic heterocycles. The summed E-state index contributed by atoms with van der Waals surface area (Å²) < 4.78 is 0. The Kier molecular flexibility index (Phi) is 3.43. The number of carbonyl (C=O) groups excluding carboxylic acids is 1. The van der Waals surface area contributed by atoms with E-state index < -0.39 is 11.4 Å². The Labute approximate surface area is 123 Å². The molecule has 1 heterocycles. The average Bonchev–Trinajstić information content (AvgIpc) is 3.00. The van der Waals surface area contributed by atoms with Gasteiger partial charge in [-0.1, -0.05) is 6.07 Å². The predicted octanol–water partition coefficient (Wildman–Crippen LogP) is 1.69. The van der Waals surface area contributed by atoms with Crippen molar-refractivity contribution >= 4 is 11.9 Å². The number of carboxylic acids is 1. The maximum absolute atomic E-state index is 12.0. The van der Waals surface area contributed by atoms with Crippen LogP contribution in [-0.4, -0.2) is 28.0 Å². The van der Waals surface area contributed by atoms with Gasteiger partial charge in [-0.15, -0.1) is 0 Å². The number of carbonyl (C=O) groups is 2. The number of aryl methyl sites for hydroxylation is 2. The van der Waals surface area contributed by atoms with Crippen molar-refractivity contribution in [3.05, 3.63) is 29.6 Å². The van der Waals surface area contributed by atoms with Gasteiger partial charge in [0.05, 0.1) is 5.41 Å². The molecule has 2 aliphatic carbocycles. The van der Waals surface area contributed by atoms with E-state index in [0.29, 0.717) is 19.3 Å². The Hall–Kier alpha value is -1.91. The average molecular weight is 288 g/mol. The lowest BCUT2D eigenvalue weighted by molar-refractivity contribution is -0.143. The number of aliphatic carboxylic acids is 1. The van der Waals surface area contributed by atoms with Crippen molar-refractivity contribution in [2.75, 3.05) is 0 Å². The Morgan fingerprint density at radius 3 is 2.90 bits per heavy atom. The second kappa shape index (κ2) is 5.13. The van der Waals surface area contributed by atoms with Crippen LogP contribution in [0, 0.1) is 18.3 Å². The molecule has 21 heavy (non-hydrogen) atoms. The Bertz CT molecular complexity index is 587. The van der Waals surface area contributed by atoms with Crippen LogP contribution < -0.4 is 5.32 Å². The fourth-order valence-electron chi connectivity index (χ4n) is 3.58. The summed E-state index contributed by atoms with van der Waals surface area (Å²) in [7, 11) is 0. The third-order valence-corrected chi connectivity index (χ3v) is 4.78. The lowest BCUT2D eigenvalue weighted by Gasteiger charge is -2.16. The van der Waals surface area contributed by atoms with E-state index >= 15 is 0 Å². The lowest BCUT2D eigenvalue weighted by atomic mass is 10.0. The van der Waals surface area contributed by atoms with Crippen LogP contribution in [0.4, 0.5) is 0 Å². The van der Waals surface area contributed by atoms with Crippen molar-refractivity contribution in [3.63, 3.8) is 0 Å². The molecule has 2 fully saturated rings. The quantitative estimate of drug-likeness (QED) is 0.864. The maximum Gasteiger partial charge on any atom is 0.310 e. The van der Waals surface area contributed by atoms with Crippen LogP contribution in [0.1, 0.15) is 36.8 Å². The maximum atomic E-state index is 12.0. The number of hydrogen-bond acceptors (Lipinski definition) is 3. The molecule has 0 spiro atoms. The topological polar surface area (TPSA) is 79.3 Å². The fraction of sp³-hybridized carbons (Fsp3) is 0.562. The van der Waals surface area contributed by atoms with Gasteiger partial charge in [0.1, 0.15) is 0 Å². The van der Waals surface area contributed by atoms with Crippen LogP contribution in [-0.2, 0) is 16.0 Å². The molecule has 1 amide bonds. The summed E-state index contributed by atoms with van der Waals surface area (Å²) in [4.78, 5) is 27.3. The first-order valence-electron chi connectivity index (χ1n) is 7.43. The van der Waals surface area contributed by atoms with E-state index in [9.17, 15) is 14.7 Å². The second-order valence-electron chi connectivity index (χ2n) is 6.44. The van der Waals surface area contributed by atoms with Crippen molar-refractivity contribution in [3.8, 4) is 0 Å². The molecule has 2 N–H and O–H groups in total. The summed E-state index contributed by atoms with van der Waals surface area (Å²) in [5, 5.41) is 12.2. The first-order valence-corrected chi connectivity index (χ1v) is 7.43. The zero-order valence-electron chi connectivity index (χ0n) is 12.1. The van der Waals surface area contributed by atoms with Crippen molar-refractivity contribution in [1.29, 1.82) is 0 Å². The molecule has 0 aliphatic heterocycles.